The number of halogens is 2. The Kier molecular flexibility index (Phi) is 6.34. The van der Waals surface area contributed by atoms with Crippen LogP contribution in [0.5, 0.6) is 0 Å². The smallest absolute Gasteiger partial charge is 0.221 e. The van der Waals surface area contributed by atoms with Gasteiger partial charge < -0.3 is 5.32 Å². The Bertz CT molecular complexity index is 313. The first-order chi connectivity index (χ1) is 6.59. The first-order valence-electron chi connectivity index (χ1n) is 4.32. The molecule has 0 saturated heterocycles. The van der Waals surface area contributed by atoms with Gasteiger partial charge in [0.05, 0.1) is 10.0 Å². The summed E-state index contributed by atoms with van der Waals surface area (Å²) in [6, 6.07) is 4.93. The van der Waals surface area contributed by atoms with E-state index in [0.717, 1.165) is 0 Å². The summed E-state index contributed by atoms with van der Waals surface area (Å²) >= 11 is 11.4. The molecule has 4 heteroatoms. The van der Waals surface area contributed by atoms with Crippen molar-refractivity contribution >= 4 is 34.8 Å². The first-order valence-corrected chi connectivity index (χ1v) is 5.08. The SMILES string of the molecule is CC.CC(=O)Nc1ccc(Cl)c(Cl)c1. The van der Waals surface area contributed by atoms with Crippen molar-refractivity contribution in [3.05, 3.63) is 28.2 Å². The van der Waals surface area contributed by atoms with Gasteiger partial charge in [-0.05, 0) is 18.2 Å². The Balaban J connectivity index is 0.000000791. The maximum Gasteiger partial charge on any atom is 0.221 e. The Morgan fingerprint density at radius 1 is 1.21 bits per heavy atom. The summed E-state index contributed by atoms with van der Waals surface area (Å²) < 4.78 is 0. The molecule has 2 nitrogen and oxygen atoms in total. The highest BCUT2D eigenvalue weighted by Gasteiger charge is 1.99. The van der Waals surface area contributed by atoms with E-state index in [-0.39, 0.29) is 5.91 Å². The van der Waals surface area contributed by atoms with Gasteiger partial charge in [0.25, 0.3) is 0 Å². The number of anilines is 1. The quantitative estimate of drug-likeness (QED) is 0.782. The van der Waals surface area contributed by atoms with Gasteiger partial charge in [-0.2, -0.15) is 0 Å². The van der Waals surface area contributed by atoms with Crippen LogP contribution in [0.15, 0.2) is 18.2 Å². The number of hydrogen-bond donors (Lipinski definition) is 1. The standard InChI is InChI=1S/C8H7Cl2NO.C2H6/c1-5(12)11-6-2-3-7(9)8(10)4-6;1-2/h2-4H,1H3,(H,11,12);1-2H3. The van der Waals surface area contributed by atoms with Gasteiger partial charge in [-0.25, -0.2) is 0 Å². The van der Waals surface area contributed by atoms with Crippen molar-refractivity contribution in [2.24, 2.45) is 0 Å². The summed E-state index contributed by atoms with van der Waals surface area (Å²) in [5.74, 6) is -0.131. The van der Waals surface area contributed by atoms with Gasteiger partial charge in [-0.3, -0.25) is 4.79 Å². The average molecular weight is 234 g/mol. The average Bonchev–Trinajstić information content (AvgIpc) is 2.14. The van der Waals surface area contributed by atoms with Crippen LogP contribution < -0.4 is 5.32 Å². The third kappa shape index (κ3) is 4.49. The van der Waals surface area contributed by atoms with E-state index in [4.69, 9.17) is 23.2 Å². The van der Waals surface area contributed by atoms with Crippen LogP contribution in [-0.2, 0) is 4.79 Å². The Hall–Kier alpha value is -0.730. The highest BCUT2D eigenvalue weighted by atomic mass is 35.5. The van der Waals surface area contributed by atoms with Crippen LogP contribution in [0.2, 0.25) is 10.0 Å². The third-order valence-electron chi connectivity index (χ3n) is 1.24. The van der Waals surface area contributed by atoms with E-state index in [1.165, 1.54) is 6.92 Å². The fourth-order valence-corrected chi connectivity index (χ4v) is 1.08. The summed E-state index contributed by atoms with van der Waals surface area (Å²) in [6.07, 6.45) is 0. The summed E-state index contributed by atoms with van der Waals surface area (Å²) in [5.41, 5.74) is 0.650. The van der Waals surface area contributed by atoms with Crippen LogP contribution in [0.25, 0.3) is 0 Å². The van der Waals surface area contributed by atoms with Gasteiger partial charge in [0.15, 0.2) is 0 Å². The lowest BCUT2D eigenvalue weighted by molar-refractivity contribution is -0.114. The second-order valence-corrected chi connectivity index (χ2v) is 3.12. The van der Waals surface area contributed by atoms with E-state index in [0.29, 0.717) is 15.7 Å². The van der Waals surface area contributed by atoms with Crippen molar-refractivity contribution in [2.75, 3.05) is 5.32 Å². The van der Waals surface area contributed by atoms with E-state index in [1.54, 1.807) is 18.2 Å². The topological polar surface area (TPSA) is 29.1 Å². The van der Waals surface area contributed by atoms with Crippen molar-refractivity contribution in [3.8, 4) is 0 Å². The Morgan fingerprint density at radius 2 is 1.79 bits per heavy atom. The molecule has 0 aliphatic rings. The second-order valence-electron chi connectivity index (χ2n) is 2.31. The fourth-order valence-electron chi connectivity index (χ4n) is 0.777. The molecule has 78 valence electrons. The molecule has 1 N–H and O–H groups in total. The molecule has 0 bridgehead atoms. The molecule has 0 aliphatic carbocycles. The van der Waals surface area contributed by atoms with Gasteiger partial charge in [0.2, 0.25) is 5.91 Å². The molecule has 0 fully saturated rings. The molecule has 0 saturated carbocycles. The van der Waals surface area contributed by atoms with Crippen molar-refractivity contribution in [1.82, 2.24) is 0 Å². The lowest BCUT2D eigenvalue weighted by atomic mass is 10.3. The molecule has 1 aromatic carbocycles. The minimum absolute atomic E-state index is 0.131. The lowest BCUT2D eigenvalue weighted by Crippen LogP contribution is -2.05. The molecule has 0 heterocycles. The maximum absolute atomic E-state index is 10.6. The summed E-state index contributed by atoms with van der Waals surface area (Å²) in [4.78, 5) is 10.6. The van der Waals surface area contributed by atoms with Crippen LogP contribution in [-0.4, -0.2) is 5.91 Å². The number of carbonyl (C=O) groups is 1. The van der Waals surface area contributed by atoms with Crippen LogP contribution >= 0.6 is 23.2 Å². The number of amides is 1. The monoisotopic (exact) mass is 233 g/mol. The summed E-state index contributed by atoms with van der Waals surface area (Å²) in [6.45, 7) is 5.43. The first kappa shape index (κ1) is 13.3. The van der Waals surface area contributed by atoms with Crippen LogP contribution in [0.4, 0.5) is 5.69 Å². The molecule has 0 radical (unpaired) electrons. The van der Waals surface area contributed by atoms with Crippen LogP contribution in [0, 0.1) is 0 Å². The number of rotatable bonds is 1. The van der Waals surface area contributed by atoms with Gasteiger partial charge in [0.1, 0.15) is 0 Å². The molecule has 0 aromatic heterocycles. The number of carbonyl (C=O) groups excluding carboxylic acids is 1. The number of benzene rings is 1. The molecule has 0 spiro atoms. The largest absolute Gasteiger partial charge is 0.326 e. The zero-order chi connectivity index (χ0) is 11.1. The molecular weight excluding hydrogens is 221 g/mol. The van der Waals surface area contributed by atoms with Gasteiger partial charge >= 0.3 is 0 Å². The van der Waals surface area contributed by atoms with E-state index < -0.39 is 0 Å². The molecule has 0 aliphatic heterocycles. The second kappa shape index (κ2) is 6.68. The maximum atomic E-state index is 10.6. The highest BCUT2D eigenvalue weighted by Crippen LogP contribution is 2.24. The minimum Gasteiger partial charge on any atom is -0.326 e. The molecule has 14 heavy (non-hydrogen) atoms. The molecular formula is C10H13Cl2NO. The zero-order valence-electron chi connectivity index (χ0n) is 8.40. The van der Waals surface area contributed by atoms with Crippen molar-refractivity contribution < 1.29 is 4.79 Å². The van der Waals surface area contributed by atoms with Crippen LogP contribution in [0.3, 0.4) is 0 Å². The minimum atomic E-state index is -0.131. The third-order valence-corrected chi connectivity index (χ3v) is 1.98. The molecule has 1 rings (SSSR count). The van der Waals surface area contributed by atoms with E-state index >= 15 is 0 Å². The van der Waals surface area contributed by atoms with Crippen molar-refractivity contribution in [2.45, 2.75) is 20.8 Å². The van der Waals surface area contributed by atoms with E-state index in [1.807, 2.05) is 13.8 Å². The molecule has 1 amide bonds. The lowest BCUT2D eigenvalue weighted by Gasteiger charge is -2.02. The van der Waals surface area contributed by atoms with Crippen molar-refractivity contribution in [3.63, 3.8) is 0 Å². The normalized spacial score (nSPS) is 8.64. The fraction of sp³-hybridized carbons (Fsp3) is 0.300. The highest BCUT2D eigenvalue weighted by molar-refractivity contribution is 6.42. The summed E-state index contributed by atoms with van der Waals surface area (Å²) in [5, 5.41) is 3.50. The molecule has 0 atom stereocenters. The zero-order valence-corrected chi connectivity index (χ0v) is 9.91. The number of nitrogens with one attached hydrogen (secondary N) is 1. The van der Waals surface area contributed by atoms with E-state index in [9.17, 15) is 4.79 Å². The van der Waals surface area contributed by atoms with Gasteiger partial charge in [0, 0.05) is 12.6 Å². The van der Waals surface area contributed by atoms with E-state index in [2.05, 4.69) is 5.32 Å². The van der Waals surface area contributed by atoms with Gasteiger partial charge in [-0.15, -0.1) is 0 Å². The predicted molar refractivity (Wildman–Crippen MR) is 62.1 cm³/mol. The summed E-state index contributed by atoms with van der Waals surface area (Å²) in [7, 11) is 0. The van der Waals surface area contributed by atoms with Crippen LogP contribution in [0.1, 0.15) is 20.8 Å². The Labute approximate surface area is 94.2 Å². The molecule has 1 aromatic rings. The molecule has 0 unspecified atom stereocenters. The predicted octanol–water partition coefficient (Wildman–Crippen LogP) is 3.98. The number of hydrogen-bond acceptors (Lipinski definition) is 1. The Morgan fingerprint density at radius 3 is 2.21 bits per heavy atom. The van der Waals surface area contributed by atoms with Crippen molar-refractivity contribution in [1.29, 1.82) is 0 Å². The van der Waals surface area contributed by atoms with Gasteiger partial charge in [-0.1, -0.05) is 37.0 Å².